The minimum atomic E-state index is 0.201. The van der Waals surface area contributed by atoms with Gasteiger partial charge in [-0.25, -0.2) is 10.4 Å². The fourth-order valence-electron chi connectivity index (χ4n) is 2.55. The number of hydrogen-bond acceptors (Lipinski definition) is 4. The van der Waals surface area contributed by atoms with Crippen LogP contribution in [0.1, 0.15) is 32.3 Å². The quantitative estimate of drug-likeness (QED) is 0.250. The van der Waals surface area contributed by atoms with E-state index in [1.54, 1.807) is 0 Å². The summed E-state index contributed by atoms with van der Waals surface area (Å²) >= 11 is 0. The molecule has 6 nitrogen and oxygen atoms in total. The molecule has 0 aliphatic carbocycles. The van der Waals surface area contributed by atoms with Crippen LogP contribution >= 0.6 is 0 Å². The van der Waals surface area contributed by atoms with E-state index in [0.29, 0.717) is 5.96 Å². The highest BCUT2D eigenvalue weighted by Crippen LogP contribution is 2.26. The predicted molar refractivity (Wildman–Crippen MR) is 94.6 cm³/mol. The third-order valence-corrected chi connectivity index (χ3v) is 3.64. The van der Waals surface area contributed by atoms with Crippen molar-refractivity contribution in [3.8, 4) is 5.75 Å². The summed E-state index contributed by atoms with van der Waals surface area (Å²) in [7, 11) is 0. The number of hydrazine groups is 1. The van der Waals surface area contributed by atoms with E-state index in [1.807, 2.05) is 19.9 Å². The molecule has 0 saturated carbocycles. The second-order valence-corrected chi connectivity index (χ2v) is 6.10. The van der Waals surface area contributed by atoms with Crippen LogP contribution in [-0.2, 0) is 6.42 Å². The number of guanidine groups is 1. The van der Waals surface area contributed by atoms with Crippen molar-refractivity contribution in [1.29, 1.82) is 0 Å². The summed E-state index contributed by atoms with van der Waals surface area (Å²) in [5, 5.41) is 3.45. The fraction of sp³-hybridized carbons (Fsp3) is 0.588. The van der Waals surface area contributed by atoms with Crippen molar-refractivity contribution >= 4 is 5.96 Å². The van der Waals surface area contributed by atoms with Gasteiger partial charge in [0.2, 0.25) is 5.96 Å². The average molecular weight is 319 g/mol. The van der Waals surface area contributed by atoms with E-state index in [9.17, 15) is 0 Å². The number of nitrogens with two attached hydrogens (primary N) is 1. The first-order valence-electron chi connectivity index (χ1n) is 8.42. The predicted octanol–water partition coefficient (Wildman–Crippen LogP) is 1.18. The molecule has 5 N–H and O–H groups in total. The van der Waals surface area contributed by atoms with Crippen molar-refractivity contribution in [3.63, 3.8) is 0 Å². The van der Waals surface area contributed by atoms with Crippen LogP contribution in [0.2, 0.25) is 0 Å². The van der Waals surface area contributed by atoms with Gasteiger partial charge in [0.25, 0.3) is 0 Å². The van der Waals surface area contributed by atoms with Crippen molar-refractivity contribution < 1.29 is 4.74 Å². The Bertz CT molecular complexity index is 504. The number of rotatable bonds is 8. The zero-order chi connectivity index (χ0) is 16.5. The Kier molecular flexibility index (Phi) is 7.16. The van der Waals surface area contributed by atoms with Crippen LogP contribution in [0.25, 0.3) is 0 Å². The van der Waals surface area contributed by atoms with Crippen LogP contribution < -0.4 is 26.6 Å². The van der Waals surface area contributed by atoms with Crippen molar-refractivity contribution in [2.45, 2.75) is 45.3 Å². The summed E-state index contributed by atoms with van der Waals surface area (Å²) in [6.45, 7) is 6.64. The standard InChI is InChI=1S/C17H29N5O/c1-13(2)21-17(18)22-20-11-5-10-19-12-15-9-8-14-6-3-4-7-16(14)23-15/h3-4,6-7,13,15,19-20H,5,8-12H2,1-2H3,(H3,18,21,22). The highest BCUT2D eigenvalue weighted by Gasteiger charge is 2.18. The first kappa shape index (κ1) is 17.6. The Balaban J connectivity index is 1.52. The molecule has 0 fully saturated rings. The second-order valence-electron chi connectivity index (χ2n) is 6.10. The van der Waals surface area contributed by atoms with Crippen LogP contribution in [0.3, 0.4) is 0 Å². The molecule has 0 amide bonds. The van der Waals surface area contributed by atoms with Gasteiger partial charge >= 0.3 is 0 Å². The number of aliphatic imine (C=N–C) groups is 1. The molecule has 0 saturated heterocycles. The van der Waals surface area contributed by atoms with Gasteiger partial charge in [-0.3, -0.25) is 5.43 Å². The van der Waals surface area contributed by atoms with Gasteiger partial charge in [-0.05, 0) is 51.3 Å². The van der Waals surface area contributed by atoms with E-state index in [4.69, 9.17) is 10.5 Å². The lowest BCUT2D eigenvalue weighted by molar-refractivity contribution is 0.170. The third-order valence-electron chi connectivity index (χ3n) is 3.64. The van der Waals surface area contributed by atoms with Crippen molar-refractivity contribution in [3.05, 3.63) is 29.8 Å². The molecule has 0 aromatic heterocycles. The molecule has 23 heavy (non-hydrogen) atoms. The van der Waals surface area contributed by atoms with Gasteiger partial charge in [-0.1, -0.05) is 18.2 Å². The molecule has 2 rings (SSSR count). The molecule has 1 aromatic rings. The number of nitrogens with one attached hydrogen (secondary N) is 3. The third kappa shape index (κ3) is 6.46. The van der Waals surface area contributed by atoms with Crippen LogP contribution in [0.5, 0.6) is 5.75 Å². The number of hydrogen-bond donors (Lipinski definition) is 4. The van der Waals surface area contributed by atoms with Gasteiger partial charge in [0, 0.05) is 19.1 Å². The second kappa shape index (κ2) is 9.37. The number of ether oxygens (including phenoxy) is 1. The van der Waals surface area contributed by atoms with Crippen LogP contribution in [0.15, 0.2) is 29.3 Å². The molecule has 1 aromatic carbocycles. The molecular weight excluding hydrogens is 290 g/mol. The minimum absolute atomic E-state index is 0.201. The van der Waals surface area contributed by atoms with E-state index in [0.717, 1.165) is 44.6 Å². The maximum absolute atomic E-state index is 6.01. The van der Waals surface area contributed by atoms with Gasteiger partial charge in [-0.15, -0.1) is 0 Å². The van der Waals surface area contributed by atoms with E-state index >= 15 is 0 Å². The molecule has 6 heteroatoms. The Labute approximate surface area is 138 Å². The van der Waals surface area contributed by atoms with Crippen molar-refractivity contribution in [2.75, 3.05) is 19.6 Å². The van der Waals surface area contributed by atoms with Gasteiger partial charge in [0.05, 0.1) is 0 Å². The van der Waals surface area contributed by atoms with Crippen molar-refractivity contribution in [1.82, 2.24) is 16.2 Å². The molecule has 1 aliphatic rings. The smallest absolute Gasteiger partial charge is 0.203 e. The number of benzene rings is 1. The normalized spacial score (nSPS) is 17.7. The first-order chi connectivity index (χ1) is 11.1. The fourth-order valence-corrected chi connectivity index (χ4v) is 2.55. The van der Waals surface area contributed by atoms with Crippen LogP contribution in [0.4, 0.5) is 0 Å². The Morgan fingerprint density at radius 2 is 2.17 bits per heavy atom. The number of fused-ring (bicyclic) bond motifs is 1. The maximum atomic E-state index is 6.01. The lowest BCUT2D eigenvalue weighted by Gasteiger charge is -2.26. The molecule has 0 spiro atoms. The molecule has 1 unspecified atom stereocenters. The first-order valence-corrected chi connectivity index (χ1v) is 8.42. The van der Waals surface area contributed by atoms with Crippen LogP contribution in [-0.4, -0.2) is 37.7 Å². The summed E-state index contributed by atoms with van der Waals surface area (Å²) in [4.78, 5) is 4.18. The average Bonchev–Trinajstić information content (AvgIpc) is 2.53. The van der Waals surface area contributed by atoms with E-state index in [-0.39, 0.29) is 12.1 Å². The summed E-state index contributed by atoms with van der Waals surface area (Å²) in [6, 6.07) is 8.50. The summed E-state index contributed by atoms with van der Waals surface area (Å²) < 4.78 is 6.01. The SMILES string of the molecule is CC(C)N=C(N)NNCCCNCC1CCc2ccccc2O1. The zero-order valence-electron chi connectivity index (χ0n) is 14.1. The van der Waals surface area contributed by atoms with Gasteiger partial charge < -0.3 is 15.8 Å². The number of nitrogens with zero attached hydrogens (tertiary/aromatic N) is 1. The summed E-state index contributed by atoms with van der Waals surface area (Å²) in [6.07, 6.45) is 3.45. The van der Waals surface area contributed by atoms with Gasteiger partial charge in [-0.2, -0.15) is 0 Å². The van der Waals surface area contributed by atoms with E-state index in [2.05, 4.69) is 39.4 Å². The number of para-hydroxylation sites is 1. The monoisotopic (exact) mass is 319 g/mol. The minimum Gasteiger partial charge on any atom is -0.489 e. The molecule has 0 bridgehead atoms. The Morgan fingerprint density at radius 1 is 1.35 bits per heavy atom. The van der Waals surface area contributed by atoms with Gasteiger partial charge in [0.1, 0.15) is 11.9 Å². The number of aryl methyl sites for hydroxylation is 1. The highest BCUT2D eigenvalue weighted by molar-refractivity contribution is 5.77. The molecule has 128 valence electrons. The maximum Gasteiger partial charge on any atom is 0.203 e. The Morgan fingerprint density at radius 3 is 3.00 bits per heavy atom. The zero-order valence-corrected chi connectivity index (χ0v) is 14.1. The van der Waals surface area contributed by atoms with E-state index < -0.39 is 0 Å². The summed E-state index contributed by atoms with van der Waals surface area (Å²) in [5.74, 6) is 1.47. The summed E-state index contributed by atoms with van der Waals surface area (Å²) in [5.41, 5.74) is 13.0. The molecular formula is C17H29N5O. The molecule has 1 atom stereocenters. The van der Waals surface area contributed by atoms with Crippen molar-refractivity contribution in [2.24, 2.45) is 10.7 Å². The van der Waals surface area contributed by atoms with Crippen LogP contribution in [0, 0.1) is 0 Å². The lowest BCUT2D eigenvalue weighted by atomic mass is 10.0. The largest absolute Gasteiger partial charge is 0.489 e. The topological polar surface area (TPSA) is 83.7 Å². The van der Waals surface area contributed by atoms with E-state index in [1.165, 1.54) is 5.56 Å². The Hall–Kier alpha value is -1.79. The molecule has 1 heterocycles. The highest BCUT2D eigenvalue weighted by atomic mass is 16.5. The molecule has 0 radical (unpaired) electrons. The molecule has 1 aliphatic heterocycles. The van der Waals surface area contributed by atoms with Gasteiger partial charge in [0.15, 0.2) is 0 Å². The lowest BCUT2D eigenvalue weighted by Crippen LogP contribution is -2.44.